The molecule has 1 rings (SSSR count). The van der Waals surface area contributed by atoms with Gasteiger partial charge in [-0.15, -0.1) is 0 Å². The standard InChI is InChI=1S/C11H15N3O3/c1-9-3-5-10(6-4-9)7-17-14-11(15)12-8-13-16-2/h3-6,8H,7H2,1-2H3,(H2,12,13,14,15). The van der Waals surface area contributed by atoms with E-state index in [-0.39, 0.29) is 0 Å². The van der Waals surface area contributed by atoms with Crippen molar-refractivity contribution in [2.75, 3.05) is 7.11 Å². The number of aryl methyl sites for hydroxylation is 1. The highest BCUT2D eigenvalue weighted by Gasteiger charge is 1.97. The molecule has 6 heteroatoms. The minimum atomic E-state index is -0.516. The molecule has 0 saturated carbocycles. The third-order valence-corrected chi connectivity index (χ3v) is 1.88. The van der Waals surface area contributed by atoms with Crippen molar-refractivity contribution in [1.82, 2.24) is 10.8 Å². The number of nitrogens with zero attached hydrogens (tertiary/aromatic N) is 1. The van der Waals surface area contributed by atoms with Crippen LogP contribution in [0.4, 0.5) is 4.79 Å². The van der Waals surface area contributed by atoms with Gasteiger partial charge in [0, 0.05) is 0 Å². The topological polar surface area (TPSA) is 72.0 Å². The molecule has 0 aromatic heterocycles. The fourth-order valence-electron chi connectivity index (χ4n) is 1.04. The maximum Gasteiger partial charge on any atom is 0.343 e. The van der Waals surface area contributed by atoms with Crippen LogP contribution in [0.3, 0.4) is 0 Å². The first-order valence-electron chi connectivity index (χ1n) is 5.01. The summed E-state index contributed by atoms with van der Waals surface area (Å²) in [5.74, 6) is 0. The Hall–Kier alpha value is -2.08. The third-order valence-electron chi connectivity index (χ3n) is 1.88. The summed E-state index contributed by atoms with van der Waals surface area (Å²) < 4.78 is 0. The Morgan fingerprint density at radius 3 is 2.76 bits per heavy atom. The highest BCUT2D eigenvalue weighted by Crippen LogP contribution is 2.03. The molecule has 92 valence electrons. The molecular formula is C11H15N3O3. The van der Waals surface area contributed by atoms with Crippen LogP contribution in [0, 0.1) is 6.92 Å². The number of carbonyl (C=O) groups excluding carboxylic acids is 1. The summed E-state index contributed by atoms with van der Waals surface area (Å²) >= 11 is 0. The van der Waals surface area contributed by atoms with E-state index < -0.39 is 6.03 Å². The molecule has 6 nitrogen and oxygen atoms in total. The minimum absolute atomic E-state index is 0.301. The Bertz CT molecular complexity index is 376. The second-order valence-corrected chi connectivity index (χ2v) is 3.27. The number of urea groups is 1. The lowest BCUT2D eigenvalue weighted by atomic mass is 10.2. The number of benzene rings is 1. The van der Waals surface area contributed by atoms with Crippen LogP contribution in [-0.2, 0) is 16.3 Å². The van der Waals surface area contributed by atoms with Gasteiger partial charge in [0.2, 0.25) is 0 Å². The van der Waals surface area contributed by atoms with Crippen LogP contribution in [0.2, 0.25) is 0 Å². The summed E-state index contributed by atoms with van der Waals surface area (Å²) in [4.78, 5) is 20.4. The monoisotopic (exact) mass is 237 g/mol. The first-order chi connectivity index (χ1) is 8.22. The molecule has 0 atom stereocenters. The highest BCUT2D eigenvalue weighted by molar-refractivity contribution is 5.85. The zero-order valence-corrected chi connectivity index (χ0v) is 9.77. The van der Waals surface area contributed by atoms with Crippen LogP contribution in [0.25, 0.3) is 0 Å². The van der Waals surface area contributed by atoms with Crippen LogP contribution in [0.5, 0.6) is 0 Å². The van der Waals surface area contributed by atoms with Crippen LogP contribution in [-0.4, -0.2) is 19.5 Å². The van der Waals surface area contributed by atoms with Crippen molar-refractivity contribution in [1.29, 1.82) is 0 Å². The van der Waals surface area contributed by atoms with Gasteiger partial charge >= 0.3 is 6.03 Å². The Kier molecular flexibility index (Phi) is 5.53. The van der Waals surface area contributed by atoms with Crippen LogP contribution in [0.1, 0.15) is 11.1 Å². The molecule has 2 amide bonds. The van der Waals surface area contributed by atoms with E-state index in [1.165, 1.54) is 12.7 Å². The molecule has 0 unspecified atom stereocenters. The van der Waals surface area contributed by atoms with Crippen LogP contribution >= 0.6 is 0 Å². The van der Waals surface area contributed by atoms with Gasteiger partial charge < -0.3 is 4.84 Å². The number of rotatable bonds is 5. The Labute approximate surface area is 99.5 Å². The SMILES string of the molecule is CON=CNC(=O)NOCc1ccc(C)cc1. The van der Waals surface area contributed by atoms with E-state index in [1.54, 1.807) is 0 Å². The number of oxime groups is 1. The van der Waals surface area contributed by atoms with Gasteiger partial charge in [0.05, 0.1) is 6.61 Å². The number of hydroxylamine groups is 1. The van der Waals surface area contributed by atoms with Crippen LogP contribution in [0.15, 0.2) is 29.4 Å². The zero-order chi connectivity index (χ0) is 12.5. The maximum atomic E-state index is 11.1. The first kappa shape index (κ1) is 13.0. The van der Waals surface area contributed by atoms with Crippen molar-refractivity contribution in [3.63, 3.8) is 0 Å². The van der Waals surface area contributed by atoms with E-state index >= 15 is 0 Å². The van der Waals surface area contributed by atoms with Crippen molar-refractivity contribution in [3.8, 4) is 0 Å². The maximum absolute atomic E-state index is 11.1. The van der Waals surface area contributed by atoms with E-state index in [0.717, 1.165) is 11.9 Å². The molecule has 17 heavy (non-hydrogen) atoms. The van der Waals surface area contributed by atoms with Crippen molar-refractivity contribution in [2.45, 2.75) is 13.5 Å². The van der Waals surface area contributed by atoms with Crippen molar-refractivity contribution >= 4 is 12.4 Å². The van der Waals surface area contributed by atoms with Gasteiger partial charge in [-0.1, -0.05) is 35.0 Å². The lowest BCUT2D eigenvalue weighted by Gasteiger charge is -2.05. The molecule has 0 aliphatic heterocycles. The summed E-state index contributed by atoms with van der Waals surface area (Å²) in [5, 5.41) is 5.62. The van der Waals surface area contributed by atoms with E-state index in [4.69, 9.17) is 4.84 Å². The Balaban J connectivity index is 2.21. The van der Waals surface area contributed by atoms with E-state index in [1.807, 2.05) is 31.2 Å². The molecule has 0 aliphatic carbocycles. The normalized spacial score (nSPS) is 10.2. The fourth-order valence-corrected chi connectivity index (χ4v) is 1.04. The molecule has 0 saturated heterocycles. The zero-order valence-electron chi connectivity index (χ0n) is 9.77. The molecule has 0 aliphatic rings. The minimum Gasteiger partial charge on any atom is -0.398 e. The molecule has 2 N–H and O–H groups in total. The fraction of sp³-hybridized carbons (Fsp3) is 0.273. The van der Waals surface area contributed by atoms with Gasteiger partial charge in [-0.3, -0.25) is 10.2 Å². The molecule has 0 heterocycles. The van der Waals surface area contributed by atoms with E-state index in [9.17, 15) is 4.79 Å². The largest absolute Gasteiger partial charge is 0.398 e. The molecule has 1 aromatic carbocycles. The van der Waals surface area contributed by atoms with Gasteiger partial charge in [-0.2, -0.15) is 0 Å². The average molecular weight is 237 g/mol. The number of carbonyl (C=O) groups is 1. The Morgan fingerprint density at radius 1 is 1.41 bits per heavy atom. The van der Waals surface area contributed by atoms with Crippen LogP contribution < -0.4 is 10.8 Å². The van der Waals surface area contributed by atoms with Crippen molar-refractivity contribution < 1.29 is 14.5 Å². The number of nitrogens with one attached hydrogen (secondary N) is 2. The molecule has 0 spiro atoms. The summed E-state index contributed by atoms with van der Waals surface area (Å²) in [6.45, 7) is 2.31. The van der Waals surface area contributed by atoms with Gasteiger partial charge in [-0.25, -0.2) is 10.3 Å². The first-order valence-corrected chi connectivity index (χ1v) is 5.01. The Morgan fingerprint density at radius 2 is 2.12 bits per heavy atom. The summed E-state index contributed by atoms with van der Waals surface area (Å²) in [6.07, 6.45) is 1.12. The second kappa shape index (κ2) is 7.24. The number of amides is 2. The lowest BCUT2D eigenvalue weighted by Crippen LogP contribution is -2.34. The van der Waals surface area contributed by atoms with Gasteiger partial charge in [-0.05, 0) is 12.5 Å². The second-order valence-electron chi connectivity index (χ2n) is 3.27. The summed E-state index contributed by atoms with van der Waals surface area (Å²) in [7, 11) is 1.38. The van der Waals surface area contributed by atoms with Gasteiger partial charge in [0.15, 0.2) is 0 Å². The number of hydrogen-bond acceptors (Lipinski definition) is 4. The lowest BCUT2D eigenvalue weighted by molar-refractivity contribution is 0.0506. The predicted molar refractivity (Wildman–Crippen MR) is 63.1 cm³/mol. The molecular weight excluding hydrogens is 222 g/mol. The van der Waals surface area contributed by atoms with Crippen molar-refractivity contribution in [2.24, 2.45) is 5.16 Å². The molecule has 0 radical (unpaired) electrons. The molecule has 0 bridgehead atoms. The van der Waals surface area contributed by atoms with Gasteiger partial charge in [0.25, 0.3) is 0 Å². The summed E-state index contributed by atoms with van der Waals surface area (Å²) in [5.41, 5.74) is 4.36. The summed E-state index contributed by atoms with van der Waals surface area (Å²) in [6, 6.07) is 7.30. The highest BCUT2D eigenvalue weighted by atomic mass is 16.7. The number of hydrogen-bond donors (Lipinski definition) is 2. The smallest absolute Gasteiger partial charge is 0.343 e. The predicted octanol–water partition coefficient (Wildman–Crippen LogP) is 1.32. The molecule has 0 fully saturated rings. The quantitative estimate of drug-likeness (QED) is 0.461. The third kappa shape index (κ3) is 5.53. The van der Waals surface area contributed by atoms with E-state index in [2.05, 4.69) is 20.8 Å². The van der Waals surface area contributed by atoms with Gasteiger partial charge in [0.1, 0.15) is 13.4 Å². The van der Waals surface area contributed by atoms with E-state index in [0.29, 0.717) is 6.61 Å². The molecule has 1 aromatic rings. The average Bonchev–Trinajstić information content (AvgIpc) is 2.32. The van der Waals surface area contributed by atoms with Crippen molar-refractivity contribution in [3.05, 3.63) is 35.4 Å².